The SMILES string of the molecule is CC(=O)C1CSc2ccccc2C1O. The van der Waals surface area contributed by atoms with Crippen molar-refractivity contribution in [3.05, 3.63) is 29.8 Å². The van der Waals surface area contributed by atoms with Crippen LogP contribution >= 0.6 is 11.8 Å². The van der Waals surface area contributed by atoms with Gasteiger partial charge in [-0.1, -0.05) is 18.2 Å². The quantitative estimate of drug-likeness (QED) is 0.767. The lowest BCUT2D eigenvalue weighted by Crippen LogP contribution is -2.25. The number of aliphatic hydroxyl groups excluding tert-OH is 1. The highest BCUT2D eigenvalue weighted by Crippen LogP contribution is 2.39. The molecule has 0 saturated carbocycles. The average molecular weight is 208 g/mol. The Morgan fingerprint density at radius 1 is 1.50 bits per heavy atom. The summed E-state index contributed by atoms with van der Waals surface area (Å²) >= 11 is 1.65. The molecule has 1 N–H and O–H groups in total. The monoisotopic (exact) mass is 208 g/mol. The Morgan fingerprint density at radius 2 is 2.21 bits per heavy atom. The number of Topliss-reactive ketones (excluding diaryl/α,β-unsaturated/α-hetero) is 1. The van der Waals surface area contributed by atoms with Crippen LogP contribution in [-0.2, 0) is 4.79 Å². The second-order valence-electron chi connectivity index (χ2n) is 3.51. The third-order valence-corrected chi connectivity index (χ3v) is 3.77. The van der Waals surface area contributed by atoms with Gasteiger partial charge in [-0.25, -0.2) is 0 Å². The predicted octanol–water partition coefficient (Wildman–Crippen LogP) is 2.03. The van der Waals surface area contributed by atoms with E-state index in [4.69, 9.17) is 0 Å². The van der Waals surface area contributed by atoms with Crippen LogP contribution in [0.4, 0.5) is 0 Å². The topological polar surface area (TPSA) is 37.3 Å². The number of aliphatic hydroxyl groups is 1. The Labute approximate surface area is 87.3 Å². The fraction of sp³-hybridized carbons (Fsp3) is 0.364. The third-order valence-electron chi connectivity index (χ3n) is 2.56. The normalized spacial score (nSPS) is 25.6. The molecule has 0 radical (unpaired) electrons. The van der Waals surface area contributed by atoms with E-state index < -0.39 is 6.10 Å². The van der Waals surface area contributed by atoms with E-state index in [0.29, 0.717) is 5.75 Å². The molecule has 0 aliphatic carbocycles. The minimum Gasteiger partial charge on any atom is -0.388 e. The molecular formula is C11H12O2S. The van der Waals surface area contributed by atoms with Crippen LogP contribution in [0.5, 0.6) is 0 Å². The maximum atomic E-state index is 11.2. The highest BCUT2D eigenvalue weighted by atomic mass is 32.2. The van der Waals surface area contributed by atoms with Crippen LogP contribution in [0.3, 0.4) is 0 Å². The van der Waals surface area contributed by atoms with Crippen LogP contribution in [-0.4, -0.2) is 16.6 Å². The van der Waals surface area contributed by atoms with Crippen LogP contribution in [0, 0.1) is 5.92 Å². The Bertz CT molecular complexity index is 362. The second-order valence-corrected chi connectivity index (χ2v) is 4.57. The molecule has 1 aromatic rings. The van der Waals surface area contributed by atoms with Crippen LogP contribution < -0.4 is 0 Å². The first-order valence-corrected chi connectivity index (χ1v) is 5.59. The van der Waals surface area contributed by atoms with Crippen molar-refractivity contribution >= 4 is 17.5 Å². The summed E-state index contributed by atoms with van der Waals surface area (Å²) < 4.78 is 0. The predicted molar refractivity (Wildman–Crippen MR) is 56.3 cm³/mol. The van der Waals surface area contributed by atoms with E-state index >= 15 is 0 Å². The van der Waals surface area contributed by atoms with Gasteiger partial charge in [-0.05, 0) is 18.6 Å². The van der Waals surface area contributed by atoms with Gasteiger partial charge in [0.05, 0.1) is 12.0 Å². The first-order chi connectivity index (χ1) is 6.70. The highest BCUT2D eigenvalue weighted by molar-refractivity contribution is 7.99. The largest absolute Gasteiger partial charge is 0.388 e. The molecule has 3 heteroatoms. The summed E-state index contributed by atoms with van der Waals surface area (Å²) in [7, 11) is 0. The molecule has 0 amide bonds. The van der Waals surface area contributed by atoms with Crippen molar-refractivity contribution in [1.29, 1.82) is 0 Å². The van der Waals surface area contributed by atoms with Gasteiger partial charge in [0.15, 0.2) is 0 Å². The lowest BCUT2D eigenvalue weighted by molar-refractivity contribution is -0.123. The summed E-state index contributed by atoms with van der Waals surface area (Å²) in [5.41, 5.74) is 0.893. The molecule has 2 nitrogen and oxygen atoms in total. The van der Waals surface area contributed by atoms with Gasteiger partial charge in [-0.2, -0.15) is 0 Å². The van der Waals surface area contributed by atoms with E-state index in [1.165, 1.54) is 0 Å². The lowest BCUT2D eigenvalue weighted by atomic mass is 9.94. The van der Waals surface area contributed by atoms with Crippen molar-refractivity contribution in [2.24, 2.45) is 5.92 Å². The molecule has 0 bridgehead atoms. The smallest absolute Gasteiger partial charge is 0.136 e. The van der Waals surface area contributed by atoms with E-state index in [2.05, 4.69) is 0 Å². The van der Waals surface area contributed by atoms with Crippen molar-refractivity contribution in [3.63, 3.8) is 0 Å². The van der Waals surface area contributed by atoms with Crippen molar-refractivity contribution in [2.45, 2.75) is 17.9 Å². The van der Waals surface area contributed by atoms with Gasteiger partial charge in [0.2, 0.25) is 0 Å². The summed E-state index contributed by atoms with van der Waals surface area (Å²) in [6.45, 7) is 1.54. The van der Waals surface area contributed by atoms with Gasteiger partial charge in [-0.3, -0.25) is 4.79 Å². The minimum absolute atomic E-state index is 0.0690. The van der Waals surface area contributed by atoms with E-state index in [0.717, 1.165) is 10.5 Å². The van der Waals surface area contributed by atoms with Crippen LogP contribution in [0.1, 0.15) is 18.6 Å². The van der Waals surface area contributed by atoms with Gasteiger partial charge < -0.3 is 5.11 Å². The zero-order chi connectivity index (χ0) is 10.1. The average Bonchev–Trinajstić information content (AvgIpc) is 2.18. The molecule has 1 aliphatic rings. The van der Waals surface area contributed by atoms with E-state index in [1.807, 2.05) is 24.3 Å². The lowest BCUT2D eigenvalue weighted by Gasteiger charge is -2.27. The maximum Gasteiger partial charge on any atom is 0.136 e. The van der Waals surface area contributed by atoms with Gasteiger partial charge in [0, 0.05) is 10.6 Å². The number of fused-ring (bicyclic) bond motifs is 1. The van der Waals surface area contributed by atoms with Gasteiger partial charge in [-0.15, -0.1) is 11.8 Å². The number of hydrogen-bond acceptors (Lipinski definition) is 3. The Balaban J connectivity index is 2.36. The van der Waals surface area contributed by atoms with E-state index in [9.17, 15) is 9.90 Å². The van der Waals surface area contributed by atoms with Crippen LogP contribution in [0.2, 0.25) is 0 Å². The molecule has 1 aromatic carbocycles. The molecule has 14 heavy (non-hydrogen) atoms. The minimum atomic E-state index is -0.620. The molecule has 2 unspecified atom stereocenters. The molecule has 2 atom stereocenters. The van der Waals surface area contributed by atoms with Gasteiger partial charge >= 0.3 is 0 Å². The highest BCUT2D eigenvalue weighted by Gasteiger charge is 2.30. The zero-order valence-corrected chi connectivity index (χ0v) is 8.75. The van der Waals surface area contributed by atoms with Crippen molar-refractivity contribution in [1.82, 2.24) is 0 Å². The van der Waals surface area contributed by atoms with E-state index in [-0.39, 0.29) is 11.7 Å². The summed E-state index contributed by atoms with van der Waals surface area (Å²) in [6.07, 6.45) is -0.620. The van der Waals surface area contributed by atoms with Gasteiger partial charge in [0.25, 0.3) is 0 Å². The van der Waals surface area contributed by atoms with Gasteiger partial charge in [0.1, 0.15) is 5.78 Å². The standard InChI is InChI=1S/C11H12O2S/c1-7(12)9-6-14-10-5-3-2-4-8(10)11(9)13/h2-5,9,11,13H,6H2,1H3. The van der Waals surface area contributed by atoms with Crippen LogP contribution in [0.15, 0.2) is 29.2 Å². The van der Waals surface area contributed by atoms with Crippen molar-refractivity contribution in [2.75, 3.05) is 5.75 Å². The molecule has 0 saturated heterocycles. The molecule has 2 rings (SSSR count). The fourth-order valence-electron chi connectivity index (χ4n) is 1.68. The molecule has 0 fully saturated rings. The number of hydrogen-bond donors (Lipinski definition) is 1. The first kappa shape index (κ1) is 9.74. The number of rotatable bonds is 1. The Morgan fingerprint density at radius 3 is 2.93 bits per heavy atom. The molecule has 0 aromatic heterocycles. The molecule has 74 valence electrons. The number of ketones is 1. The summed E-state index contributed by atoms with van der Waals surface area (Å²) in [6, 6.07) is 7.72. The third kappa shape index (κ3) is 1.57. The molecule has 1 heterocycles. The second kappa shape index (κ2) is 3.75. The summed E-state index contributed by atoms with van der Waals surface area (Å²) in [5, 5.41) is 9.96. The number of carbonyl (C=O) groups excluding carboxylic acids is 1. The maximum absolute atomic E-state index is 11.2. The fourth-order valence-corrected chi connectivity index (χ4v) is 2.99. The number of thioether (sulfide) groups is 1. The number of benzene rings is 1. The van der Waals surface area contributed by atoms with Crippen molar-refractivity contribution in [3.8, 4) is 0 Å². The zero-order valence-electron chi connectivity index (χ0n) is 7.93. The number of carbonyl (C=O) groups is 1. The van der Waals surface area contributed by atoms with Crippen LogP contribution in [0.25, 0.3) is 0 Å². The summed E-state index contributed by atoms with van der Waals surface area (Å²) in [5.74, 6) is 0.516. The summed E-state index contributed by atoms with van der Waals surface area (Å²) in [4.78, 5) is 12.3. The Kier molecular flexibility index (Phi) is 2.61. The molecular weight excluding hydrogens is 196 g/mol. The van der Waals surface area contributed by atoms with E-state index in [1.54, 1.807) is 18.7 Å². The molecule has 0 spiro atoms. The molecule has 1 aliphatic heterocycles. The van der Waals surface area contributed by atoms with Crippen molar-refractivity contribution < 1.29 is 9.90 Å². The Hall–Kier alpha value is -0.800. The first-order valence-electron chi connectivity index (χ1n) is 4.60.